The molecule has 0 aliphatic heterocycles. The molecule has 0 aliphatic carbocycles. The molecule has 0 radical (unpaired) electrons. The number of hydrogen-bond donors (Lipinski definition) is 1. The number of halogens is 1. The lowest BCUT2D eigenvalue weighted by Gasteiger charge is -2.21. The van der Waals surface area contributed by atoms with Crippen molar-refractivity contribution in [1.29, 1.82) is 0 Å². The lowest BCUT2D eigenvalue weighted by atomic mass is 10.2. The summed E-state index contributed by atoms with van der Waals surface area (Å²) in [6.07, 6.45) is 1.82. The molecule has 5 heteroatoms. The highest BCUT2D eigenvalue weighted by Gasteiger charge is 2.11. The van der Waals surface area contributed by atoms with E-state index in [2.05, 4.69) is 22.1 Å². The third kappa shape index (κ3) is 2.94. The Balaban J connectivity index is 2.25. The molecule has 0 aliphatic rings. The van der Waals surface area contributed by atoms with Crippen LogP contribution in [0, 0.1) is 0 Å². The van der Waals surface area contributed by atoms with E-state index in [4.69, 9.17) is 11.6 Å². The first-order valence-corrected chi connectivity index (χ1v) is 6.96. The SMILES string of the molecule is CC(Nc1cc(Cl)ccc1N(C)C)c1nccs1. The maximum absolute atomic E-state index is 6.06. The normalized spacial score (nSPS) is 12.2. The second-order valence-electron chi connectivity index (χ2n) is 4.29. The van der Waals surface area contributed by atoms with E-state index in [9.17, 15) is 0 Å². The Labute approximate surface area is 116 Å². The molecule has 3 nitrogen and oxygen atoms in total. The zero-order chi connectivity index (χ0) is 13.1. The van der Waals surface area contributed by atoms with Gasteiger partial charge in [-0.05, 0) is 25.1 Å². The van der Waals surface area contributed by atoms with Gasteiger partial charge in [-0.1, -0.05) is 11.6 Å². The number of hydrogen-bond acceptors (Lipinski definition) is 4. The predicted octanol–water partition coefficient (Wildman–Crippen LogP) is 4.04. The molecule has 1 N–H and O–H groups in total. The van der Waals surface area contributed by atoms with E-state index in [-0.39, 0.29) is 6.04 Å². The van der Waals surface area contributed by atoms with E-state index in [1.165, 1.54) is 0 Å². The van der Waals surface area contributed by atoms with Gasteiger partial charge >= 0.3 is 0 Å². The van der Waals surface area contributed by atoms with Crippen molar-refractivity contribution in [2.75, 3.05) is 24.3 Å². The van der Waals surface area contributed by atoms with Gasteiger partial charge < -0.3 is 10.2 Å². The minimum absolute atomic E-state index is 0.169. The predicted molar refractivity (Wildman–Crippen MR) is 79.9 cm³/mol. The van der Waals surface area contributed by atoms with Crippen molar-refractivity contribution >= 4 is 34.3 Å². The molecule has 0 amide bonds. The second kappa shape index (κ2) is 5.59. The summed E-state index contributed by atoms with van der Waals surface area (Å²) in [6, 6.07) is 6.03. The van der Waals surface area contributed by atoms with E-state index in [0.717, 1.165) is 21.4 Å². The van der Waals surface area contributed by atoms with Crippen LogP contribution in [-0.4, -0.2) is 19.1 Å². The van der Waals surface area contributed by atoms with Crippen molar-refractivity contribution in [2.45, 2.75) is 13.0 Å². The van der Waals surface area contributed by atoms with Gasteiger partial charge in [-0.25, -0.2) is 4.98 Å². The van der Waals surface area contributed by atoms with Crippen LogP contribution >= 0.6 is 22.9 Å². The van der Waals surface area contributed by atoms with Gasteiger partial charge in [-0.15, -0.1) is 11.3 Å². The molecule has 1 aromatic carbocycles. The number of anilines is 2. The quantitative estimate of drug-likeness (QED) is 0.917. The molecular formula is C13H16ClN3S. The Bertz CT molecular complexity index is 511. The molecule has 1 aromatic heterocycles. The maximum atomic E-state index is 6.06. The van der Waals surface area contributed by atoms with Gasteiger partial charge in [-0.3, -0.25) is 0 Å². The van der Waals surface area contributed by atoms with Crippen LogP contribution in [0.3, 0.4) is 0 Å². The monoisotopic (exact) mass is 281 g/mol. The minimum atomic E-state index is 0.169. The molecule has 2 rings (SSSR count). The summed E-state index contributed by atoms with van der Waals surface area (Å²) in [7, 11) is 4.03. The van der Waals surface area contributed by atoms with Gasteiger partial charge in [0.05, 0.1) is 17.4 Å². The van der Waals surface area contributed by atoms with Crippen molar-refractivity contribution in [2.24, 2.45) is 0 Å². The van der Waals surface area contributed by atoms with Crippen LogP contribution in [0.5, 0.6) is 0 Å². The Morgan fingerprint density at radius 1 is 1.39 bits per heavy atom. The number of thiazole rings is 1. The molecule has 96 valence electrons. The zero-order valence-electron chi connectivity index (χ0n) is 10.6. The Morgan fingerprint density at radius 2 is 2.17 bits per heavy atom. The maximum Gasteiger partial charge on any atom is 0.115 e. The number of nitrogens with one attached hydrogen (secondary N) is 1. The fourth-order valence-corrected chi connectivity index (χ4v) is 2.58. The summed E-state index contributed by atoms with van der Waals surface area (Å²) >= 11 is 7.71. The molecule has 0 bridgehead atoms. The molecule has 0 saturated heterocycles. The number of benzene rings is 1. The van der Waals surface area contributed by atoms with Gasteiger partial charge in [0.1, 0.15) is 5.01 Å². The molecular weight excluding hydrogens is 266 g/mol. The molecule has 0 saturated carbocycles. The van der Waals surface area contributed by atoms with Crippen LogP contribution in [-0.2, 0) is 0 Å². The minimum Gasteiger partial charge on any atom is -0.376 e. The molecule has 18 heavy (non-hydrogen) atoms. The van der Waals surface area contributed by atoms with Crippen LogP contribution < -0.4 is 10.2 Å². The summed E-state index contributed by atoms with van der Waals surface area (Å²) in [5.74, 6) is 0. The first-order valence-electron chi connectivity index (χ1n) is 5.70. The second-order valence-corrected chi connectivity index (χ2v) is 5.65. The third-order valence-electron chi connectivity index (χ3n) is 2.63. The van der Waals surface area contributed by atoms with E-state index < -0.39 is 0 Å². The van der Waals surface area contributed by atoms with E-state index in [1.54, 1.807) is 11.3 Å². The van der Waals surface area contributed by atoms with E-state index in [0.29, 0.717) is 0 Å². The number of nitrogens with zero attached hydrogens (tertiary/aromatic N) is 2. The summed E-state index contributed by atoms with van der Waals surface area (Å²) in [5, 5.41) is 7.24. The van der Waals surface area contributed by atoms with Crippen LogP contribution in [0.15, 0.2) is 29.8 Å². The van der Waals surface area contributed by atoms with E-state index >= 15 is 0 Å². The molecule has 1 unspecified atom stereocenters. The molecule has 0 spiro atoms. The standard InChI is InChI=1S/C13H16ClN3S/c1-9(13-15-6-7-18-13)16-11-8-10(14)4-5-12(11)17(2)3/h4-9,16H,1-3H3. The molecule has 0 fully saturated rings. The lowest BCUT2D eigenvalue weighted by Crippen LogP contribution is -2.14. The molecule has 2 aromatic rings. The van der Waals surface area contributed by atoms with Crippen molar-refractivity contribution < 1.29 is 0 Å². The van der Waals surface area contributed by atoms with Gasteiger partial charge in [-0.2, -0.15) is 0 Å². The highest BCUT2D eigenvalue weighted by molar-refractivity contribution is 7.09. The van der Waals surface area contributed by atoms with Crippen LogP contribution in [0.4, 0.5) is 11.4 Å². The highest BCUT2D eigenvalue weighted by Crippen LogP contribution is 2.31. The molecule has 1 atom stereocenters. The zero-order valence-corrected chi connectivity index (χ0v) is 12.2. The lowest BCUT2D eigenvalue weighted by molar-refractivity contribution is 0.868. The third-order valence-corrected chi connectivity index (χ3v) is 3.83. The topological polar surface area (TPSA) is 28.2 Å². The average molecular weight is 282 g/mol. The van der Waals surface area contributed by atoms with Crippen molar-refractivity contribution in [1.82, 2.24) is 4.98 Å². The van der Waals surface area contributed by atoms with Gasteiger partial charge in [0.25, 0.3) is 0 Å². The fourth-order valence-electron chi connectivity index (χ4n) is 1.76. The summed E-state index contributed by atoms with van der Waals surface area (Å²) < 4.78 is 0. The number of aromatic nitrogens is 1. The Hall–Kier alpha value is -1.26. The number of rotatable bonds is 4. The van der Waals surface area contributed by atoms with Crippen molar-refractivity contribution in [3.63, 3.8) is 0 Å². The fraction of sp³-hybridized carbons (Fsp3) is 0.308. The average Bonchev–Trinajstić information content (AvgIpc) is 2.81. The smallest absolute Gasteiger partial charge is 0.115 e. The van der Waals surface area contributed by atoms with Crippen LogP contribution in [0.2, 0.25) is 5.02 Å². The van der Waals surface area contributed by atoms with Crippen molar-refractivity contribution in [3.8, 4) is 0 Å². The van der Waals surface area contributed by atoms with Crippen LogP contribution in [0.25, 0.3) is 0 Å². The molecule has 1 heterocycles. The summed E-state index contributed by atoms with van der Waals surface area (Å²) in [6.45, 7) is 2.10. The van der Waals surface area contributed by atoms with E-state index in [1.807, 2.05) is 43.9 Å². The first kappa shape index (κ1) is 13.2. The Morgan fingerprint density at radius 3 is 2.78 bits per heavy atom. The highest BCUT2D eigenvalue weighted by atomic mass is 35.5. The largest absolute Gasteiger partial charge is 0.376 e. The van der Waals surface area contributed by atoms with Crippen molar-refractivity contribution in [3.05, 3.63) is 39.8 Å². The summed E-state index contributed by atoms with van der Waals surface area (Å²) in [4.78, 5) is 6.38. The Kier molecular flexibility index (Phi) is 4.09. The summed E-state index contributed by atoms with van der Waals surface area (Å²) in [5.41, 5.74) is 2.14. The van der Waals surface area contributed by atoms with Gasteiger partial charge in [0.2, 0.25) is 0 Å². The first-order chi connectivity index (χ1) is 8.58. The van der Waals surface area contributed by atoms with Gasteiger partial charge in [0.15, 0.2) is 0 Å². The van der Waals surface area contributed by atoms with Crippen LogP contribution in [0.1, 0.15) is 18.0 Å². The van der Waals surface area contributed by atoms with Gasteiger partial charge in [0, 0.05) is 30.7 Å².